The Morgan fingerprint density at radius 1 is 0.973 bits per heavy atom. The number of nitrogens with zero attached hydrogens (tertiary/aromatic N) is 2. The average Bonchev–Trinajstić information content (AvgIpc) is 3.10. The number of carbonyl (C=O) groups is 1. The molecule has 3 aromatic heterocycles. The monoisotopic (exact) mass is 678 g/mol. The zero-order valence-electron chi connectivity index (χ0n) is 23.5. The second kappa shape index (κ2) is 13.3. The zero-order valence-corrected chi connectivity index (χ0v) is 25.9. The van der Waals surface area contributed by atoms with Crippen molar-refractivity contribution in [2.75, 3.05) is 0 Å². The van der Waals surface area contributed by atoms with Crippen molar-refractivity contribution >= 4 is 33.1 Å². The van der Waals surface area contributed by atoms with Crippen LogP contribution in [0.5, 0.6) is 0 Å². The summed E-state index contributed by atoms with van der Waals surface area (Å²) in [7, 11) is 0. The van der Waals surface area contributed by atoms with Crippen LogP contribution in [0.3, 0.4) is 0 Å². The van der Waals surface area contributed by atoms with Crippen molar-refractivity contribution in [2.45, 2.75) is 81.1 Å². The predicted molar refractivity (Wildman–Crippen MR) is 152 cm³/mol. The molecule has 4 nitrogen and oxygen atoms in total. The summed E-state index contributed by atoms with van der Waals surface area (Å²) in [4.78, 5) is 16.4. The first-order chi connectivity index (χ1) is 17.2. The van der Waals surface area contributed by atoms with Gasteiger partial charge in [-0.15, -0.1) is 29.1 Å². The van der Waals surface area contributed by atoms with Crippen LogP contribution in [0.1, 0.15) is 75.8 Å². The summed E-state index contributed by atoms with van der Waals surface area (Å²) in [5, 5.41) is 12.1. The summed E-state index contributed by atoms with van der Waals surface area (Å²) >= 11 is 0. The molecule has 1 aromatic carbocycles. The van der Waals surface area contributed by atoms with Gasteiger partial charge in [0.2, 0.25) is 0 Å². The van der Waals surface area contributed by atoms with Crippen molar-refractivity contribution < 1.29 is 30.0 Å². The molecule has 0 aliphatic heterocycles. The summed E-state index contributed by atoms with van der Waals surface area (Å²) in [6.45, 7) is 16.7. The second-order valence-electron chi connectivity index (χ2n) is 9.82. The van der Waals surface area contributed by atoms with Crippen molar-refractivity contribution in [1.82, 2.24) is 9.38 Å². The molecule has 0 unspecified atom stereocenters. The number of ketones is 1. The molecule has 0 fully saturated rings. The van der Waals surface area contributed by atoms with Crippen LogP contribution in [0.15, 0.2) is 42.3 Å². The number of aliphatic hydroxyl groups excluding tert-OH is 1. The molecule has 0 saturated carbocycles. The Morgan fingerprint density at radius 2 is 1.59 bits per heavy atom. The molecule has 37 heavy (non-hydrogen) atoms. The molecule has 201 valence electrons. The van der Waals surface area contributed by atoms with Crippen LogP contribution in [-0.2, 0) is 24.9 Å². The molecule has 0 spiro atoms. The maximum atomic E-state index is 11.7. The van der Waals surface area contributed by atoms with Crippen molar-refractivity contribution in [2.24, 2.45) is 11.8 Å². The fourth-order valence-corrected chi connectivity index (χ4v) is 5.11. The molecule has 5 heteroatoms. The number of allylic oxidation sites excluding steroid dienone is 2. The number of pyridine rings is 2. The summed E-state index contributed by atoms with van der Waals surface area (Å²) in [6, 6.07) is 12.0. The maximum absolute atomic E-state index is 11.7. The molecule has 0 amide bonds. The first-order valence-corrected chi connectivity index (χ1v) is 13.3. The van der Waals surface area contributed by atoms with Crippen LogP contribution in [-0.4, -0.2) is 20.3 Å². The molecule has 4 rings (SSSR count). The zero-order chi connectivity index (χ0) is 26.6. The molecule has 1 radical (unpaired) electrons. The number of carbonyl (C=O) groups excluding carboxylic acids is 1. The molecule has 0 bridgehead atoms. The summed E-state index contributed by atoms with van der Waals surface area (Å²) < 4.78 is 2.36. The second-order valence-corrected chi connectivity index (χ2v) is 9.82. The maximum Gasteiger partial charge on any atom is 0.162 e. The van der Waals surface area contributed by atoms with Crippen molar-refractivity contribution in [1.29, 1.82) is 0 Å². The van der Waals surface area contributed by atoms with E-state index in [9.17, 15) is 9.90 Å². The van der Waals surface area contributed by atoms with E-state index in [4.69, 9.17) is 0 Å². The van der Waals surface area contributed by atoms with Crippen LogP contribution >= 0.6 is 0 Å². The van der Waals surface area contributed by atoms with Crippen LogP contribution < -0.4 is 0 Å². The summed E-state index contributed by atoms with van der Waals surface area (Å²) in [5.41, 5.74) is 8.65. The standard InChI is InChI=1S/C19H17N2.C13H24O2.Ir/c1-11-7-8-17-16(10-11)18-15(6-5-9-20-18)19-13(3)12(2)14(4)21(17)19;1-5-10(6-2)12(14)9-13(15)11(7-3)8-4;/h5-9H,1-4H3;9-11,14H,5-8H2,1-4H3;/q-1;;/b;12-9-;. The van der Waals surface area contributed by atoms with Gasteiger partial charge in [-0.05, 0) is 80.1 Å². The third kappa shape index (κ3) is 6.16. The first kappa shape index (κ1) is 30.7. The molecule has 4 aromatic rings. The molecule has 0 atom stereocenters. The Kier molecular flexibility index (Phi) is 11.1. The summed E-state index contributed by atoms with van der Waals surface area (Å²) in [5.74, 6) is 0.547. The van der Waals surface area contributed by atoms with E-state index in [1.165, 1.54) is 39.3 Å². The Morgan fingerprint density at radius 3 is 2.19 bits per heavy atom. The quantitative estimate of drug-likeness (QED) is 0.0924. The van der Waals surface area contributed by atoms with Gasteiger partial charge in [-0.2, -0.15) is 0 Å². The normalized spacial score (nSPS) is 11.8. The molecular formula is C32H41IrN2O2-. The average molecular weight is 678 g/mol. The van der Waals surface area contributed by atoms with Gasteiger partial charge < -0.3 is 14.5 Å². The van der Waals surface area contributed by atoms with E-state index in [-0.39, 0.29) is 43.5 Å². The Hall–Kier alpha value is -2.49. The fourth-order valence-electron chi connectivity index (χ4n) is 5.11. The minimum Gasteiger partial charge on any atom is -0.512 e. The molecule has 0 saturated heterocycles. The molecule has 0 aliphatic carbocycles. The van der Waals surface area contributed by atoms with Crippen molar-refractivity contribution in [3.05, 3.63) is 70.7 Å². The minimum absolute atomic E-state index is 0. The number of aliphatic hydroxyl groups is 1. The van der Waals surface area contributed by atoms with Gasteiger partial charge in [0, 0.05) is 55.4 Å². The van der Waals surface area contributed by atoms with Gasteiger partial charge in [0.1, 0.15) is 0 Å². The number of aryl methyl sites for hydroxylation is 3. The number of hydrogen-bond acceptors (Lipinski definition) is 3. The van der Waals surface area contributed by atoms with Gasteiger partial charge in [0.25, 0.3) is 0 Å². The Balaban J connectivity index is 0.000000271. The van der Waals surface area contributed by atoms with Crippen LogP contribution in [0.4, 0.5) is 0 Å². The van der Waals surface area contributed by atoms with Gasteiger partial charge in [0.15, 0.2) is 5.78 Å². The van der Waals surface area contributed by atoms with Crippen LogP contribution in [0.25, 0.3) is 27.3 Å². The number of benzene rings is 1. The summed E-state index contributed by atoms with van der Waals surface area (Å²) in [6.07, 6.45) is 6.77. The Labute approximate surface area is 235 Å². The SMILES string of the molecule is CCC(CC)C(=O)/C=C(\O)C(CC)CC.Cc1[c-]c2c3ncccc3c3c(C)c(C)c(C)n3c2cc1.[Ir]. The molecule has 0 aliphatic rings. The van der Waals surface area contributed by atoms with Gasteiger partial charge >= 0.3 is 0 Å². The van der Waals surface area contributed by atoms with E-state index in [1.54, 1.807) is 0 Å². The number of fused-ring (bicyclic) bond motifs is 6. The number of rotatable bonds is 7. The number of hydrogen-bond donors (Lipinski definition) is 1. The van der Waals surface area contributed by atoms with Gasteiger partial charge in [-0.3, -0.25) is 4.79 Å². The van der Waals surface area contributed by atoms with E-state index in [2.05, 4.69) is 61.3 Å². The third-order valence-electron chi connectivity index (χ3n) is 7.71. The van der Waals surface area contributed by atoms with E-state index in [0.717, 1.165) is 42.1 Å². The molecule has 1 N–H and O–H groups in total. The smallest absolute Gasteiger partial charge is 0.162 e. The van der Waals surface area contributed by atoms with Crippen LogP contribution in [0.2, 0.25) is 0 Å². The molecule has 3 heterocycles. The fraction of sp³-hybridized carbons (Fsp3) is 0.438. The van der Waals surface area contributed by atoms with Gasteiger partial charge in [-0.1, -0.05) is 40.7 Å². The van der Waals surface area contributed by atoms with Gasteiger partial charge in [0.05, 0.1) is 5.76 Å². The van der Waals surface area contributed by atoms with E-state index in [1.807, 2.05) is 40.0 Å². The van der Waals surface area contributed by atoms with Crippen molar-refractivity contribution in [3.8, 4) is 0 Å². The van der Waals surface area contributed by atoms with Crippen LogP contribution in [0, 0.1) is 45.6 Å². The first-order valence-electron chi connectivity index (χ1n) is 13.3. The topological polar surface area (TPSA) is 54.6 Å². The van der Waals surface area contributed by atoms with E-state index < -0.39 is 0 Å². The third-order valence-corrected chi connectivity index (χ3v) is 7.71. The van der Waals surface area contributed by atoms with E-state index in [0.29, 0.717) is 0 Å². The largest absolute Gasteiger partial charge is 0.512 e. The van der Waals surface area contributed by atoms with Gasteiger partial charge in [-0.25, -0.2) is 0 Å². The predicted octanol–water partition coefficient (Wildman–Crippen LogP) is 8.54. The minimum atomic E-state index is 0. The van der Waals surface area contributed by atoms with E-state index >= 15 is 0 Å². The van der Waals surface area contributed by atoms with Crippen molar-refractivity contribution in [3.63, 3.8) is 0 Å². The molecular weight excluding hydrogens is 637 g/mol. The number of aromatic nitrogens is 2. The Bertz CT molecular complexity index is 1410.